The van der Waals surface area contributed by atoms with Gasteiger partial charge in [0, 0.05) is 0 Å². The number of hydrogen-bond donors (Lipinski definition) is 0. The molecular weight excluding hydrogens is 290 g/mol. The van der Waals surface area contributed by atoms with Crippen molar-refractivity contribution in [3.63, 3.8) is 0 Å². The average Bonchev–Trinajstić information content (AvgIpc) is 2.46. The second-order valence-electron chi connectivity index (χ2n) is 3.87. The molecule has 0 aromatic heterocycles. The van der Waals surface area contributed by atoms with Gasteiger partial charge in [-0.25, -0.2) is 0 Å². The van der Waals surface area contributed by atoms with Crippen molar-refractivity contribution < 1.29 is 4.39 Å². The number of benzene rings is 2. The molecule has 0 atom stereocenters. The zero-order valence-electron chi connectivity index (χ0n) is 10.3. The van der Waals surface area contributed by atoms with Crippen LogP contribution >= 0.6 is 0 Å². The topological polar surface area (TPSA) is 0 Å². The van der Waals surface area contributed by atoms with E-state index in [1.54, 1.807) is 0 Å². The van der Waals surface area contributed by atoms with Gasteiger partial charge in [0.15, 0.2) is 0 Å². The predicted octanol–water partition coefficient (Wildman–Crippen LogP) is 3.76. The van der Waals surface area contributed by atoms with E-state index in [1.165, 1.54) is 4.46 Å². The summed E-state index contributed by atoms with van der Waals surface area (Å²) in [6.45, 7) is 2.02. The molecule has 92 valence electrons. The summed E-state index contributed by atoms with van der Waals surface area (Å²) in [6, 6.07) is 19.4. The van der Waals surface area contributed by atoms with E-state index in [1.807, 2.05) is 55.5 Å². The molecule has 0 aliphatic heterocycles. The molecule has 0 radical (unpaired) electrons. The van der Waals surface area contributed by atoms with E-state index >= 15 is 0 Å². The van der Waals surface area contributed by atoms with E-state index < -0.39 is 0 Å². The van der Waals surface area contributed by atoms with Crippen LogP contribution in [0.25, 0.3) is 5.83 Å². The van der Waals surface area contributed by atoms with Crippen molar-refractivity contribution in [1.82, 2.24) is 0 Å². The van der Waals surface area contributed by atoms with Gasteiger partial charge in [0.05, 0.1) is 0 Å². The molecule has 0 amide bonds. The maximum absolute atomic E-state index is 14.4. The van der Waals surface area contributed by atoms with Gasteiger partial charge >= 0.3 is 114 Å². The van der Waals surface area contributed by atoms with Crippen molar-refractivity contribution in [3.05, 3.63) is 70.7 Å². The van der Waals surface area contributed by atoms with Gasteiger partial charge in [0.1, 0.15) is 0 Å². The monoisotopic (exact) mass is 306 g/mol. The molecule has 2 heteroatoms. The Hall–Kier alpha value is -1.37. The second kappa shape index (κ2) is 6.53. The first-order valence-corrected chi connectivity index (χ1v) is 7.69. The molecule has 0 heterocycles. The Kier molecular flexibility index (Phi) is 4.74. The third-order valence-corrected chi connectivity index (χ3v) is 5.14. The predicted molar refractivity (Wildman–Crippen MR) is 76.6 cm³/mol. The minimum absolute atomic E-state index is 0.0537. The second-order valence-corrected chi connectivity index (χ2v) is 6.32. The van der Waals surface area contributed by atoms with Gasteiger partial charge < -0.3 is 0 Å². The zero-order chi connectivity index (χ0) is 12.8. The van der Waals surface area contributed by atoms with Crippen LogP contribution in [0.2, 0.25) is 0 Å². The third kappa shape index (κ3) is 3.32. The molecule has 0 aliphatic rings. The fourth-order valence-electron chi connectivity index (χ4n) is 1.65. The summed E-state index contributed by atoms with van der Waals surface area (Å²) in [5, 5.41) is 0. The molecule has 0 aliphatic carbocycles. The average molecular weight is 305 g/mol. The molecule has 2 aromatic carbocycles. The SMILES string of the molecule is CC/C([Se]c1ccccc1)=C(\F)c1ccccc1. The standard InChI is InChI=1S/C16H15FSe/c1-2-15(18-14-11-7-4-8-12-14)16(17)13-9-5-3-6-10-13/h3-12H,2H2,1H3/b16-15+. The van der Waals surface area contributed by atoms with Gasteiger partial charge in [-0.1, -0.05) is 0 Å². The summed E-state index contributed by atoms with van der Waals surface area (Å²) in [5.41, 5.74) is 0.687. The summed E-state index contributed by atoms with van der Waals surface area (Å²) < 4.78 is 16.5. The summed E-state index contributed by atoms with van der Waals surface area (Å²) in [7, 11) is 0. The first kappa shape index (κ1) is 13.1. The molecule has 0 unspecified atom stereocenters. The van der Waals surface area contributed by atoms with E-state index in [0.717, 1.165) is 10.9 Å². The molecule has 0 nitrogen and oxygen atoms in total. The minimum atomic E-state index is -0.0537. The molecule has 2 rings (SSSR count). The molecule has 0 spiro atoms. The summed E-state index contributed by atoms with van der Waals surface area (Å²) in [5.74, 6) is -0.0537. The Morgan fingerprint density at radius 1 is 0.944 bits per heavy atom. The number of allylic oxidation sites excluding steroid dienone is 1. The third-order valence-electron chi connectivity index (χ3n) is 2.58. The van der Waals surface area contributed by atoms with E-state index in [-0.39, 0.29) is 20.8 Å². The van der Waals surface area contributed by atoms with Crippen molar-refractivity contribution in [2.45, 2.75) is 13.3 Å². The maximum atomic E-state index is 14.4. The molecule has 0 saturated carbocycles. The first-order chi connectivity index (χ1) is 8.81. The van der Waals surface area contributed by atoms with Crippen LogP contribution < -0.4 is 4.46 Å². The molecule has 2 aromatic rings. The van der Waals surface area contributed by atoms with Gasteiger partial charge in [-0.2, -0.15) is 0 Å². The molecule has 0 N–H and O–H groups in total. The molecule has 0 fully saturated rings. The Morgan fingerprint density at radius 2 is 1.50 bits per heavy atom. The Morgan fingerprint density at radius 3 is 2.06 bits per heavy atom. The van der Waals surface area contributed by atoms with Gasteiger partial charge in [0.25, 0.3) is 0 Å². The van der Waals surface area contributed by atoms with Crippen molar-refractivity contribution in [2.75, 3.05) is 0 Å². The van der Waals surface area contributed by atoms with Crippen molar-refractivity contribution >= 4 is 25.2 Å². The molecule has 18 heavy (non-hydrogen) atoms. The summed E-state index contributed by atoms with van der Waals surface area (Å²) in [4.78, 5) is 0. The van der Waals surface area contributed by atoms with Crippen LogP contribution in [-0.2, 0) is 0 Å². The van der Waals surface area contributed by atoms with E-state index in [9.17, 15) is 4.39 Å². The fourth-order valence-corrected chi connectivity index (χ4v) is 3.60. The van der Waals surface area contributed by atoms with Crippen LogP contribution in [0, 0.1) is 0 Å². The van der Waals surface area contributed by atoms with Crippen LogP contribution in [-0.4, -0.2) is 15.0 Å². The van der Waals surface area contributed by atoms with Gasteiger partial charge in [-0.3, -0.25) is 0 Å². The zero-order valence-corrected chi connectivity index (χ0v) is 12.0. The van der Waals surface area contributed by atoms with Crippen LogP contribution in [0.5, 0.6) is 0 Å². The van der Waals surface area contributed by atoms with E-state index in [0.29, 0.717) is 5.56 Å². The van der Waals surface area contributed by atoms with Gasteiger partial charge in [-0.15, -0.1) is 0 Å². The molecule has 0 saturated heterocycles. The number of hydrogen-bond acceptors (Lipinski definition) is 0. The Balaban J connectivity index is 2.28. The summed E-state index contributed by atoms with van der Waals surface area (Å²) >= 11 is 0.0654. The van der Waals surface area contributed by atoms with E-state index in [4.69, 9.17) is 0 Å². The van der Waals surface area contributed by atoms with Crippen LogP contribution in [0.4, 0.5) is 4.39 Å². The number of rotatable bonds is 4. The fraction of sp³-hybridized carbons (Fsp3) is 0.125. The molecular formula is C16H15FSe. The first-order valence-electron chi connectivity index (χ1n) is 5.98. The quantitative estimate of drug-likeness (QED) is 0.755. The van der Waals surface area contributed by atoms with Crippen LogP contribution in [0.15, 0.2) is 65.1 Å². The van der Waals surface area contributed by atoms with Gasteiger partial charge in [-0.05, 0) is 0 Å². The van der Waals surface area contributed by atoms with Crippen molar-refractivity contribution in [1.29, 1.82) is 0 Å². The Labute approximate surface area is 114 Å². The van der Waals surface area contributed by atoms with Crippen molar-refractivity contribution in [2.24, 2.45) is 0 Å². The van der Waals surface area contributed by atoms with Crippen molar-refractivity contribution in [3.8, 4) is 0 Å². The van der Waals surface area contributed by atoms with E-state index in [2.05, 4.69) is 12.1 Å². The van der Waals surface area contributed by atoms with Crippen LogP contribution in [0.1, 0.15) is 18.9 Å². The van der Waals surface area contributed by atoms with Gasteiger partial charge in [0.2, 0.25) is 0 Å². The normalized spacial score (nSPS) is 12.1. The number of halogens is 1. The van der Waals surface area contributed by atoms with Crippen LogP contribution in [0.3, 0.4) is 0 Å². The Bertz CT molecular complexity index is 517. The molecule has 0 bridgehead atoms. The summed E-state index contributed by atoms with van der Waals surface area (Å²) in [6.07, 6.45) is 0.760.